The highest BCUT2D eigenvalue weighted by Gasteiger charge is 2.18. The average Bonchev–Trinajstić information content (AvgIpc) is 2.81. The molecule has 0 radical (unpaired) electrons. The van der Waals surface area contributed by atoms with E-state index in [4.69, 9.17) is 11.6 Å². The van der Waals surface area contributed by atoms with Crippen molar-refractivity contribution in [3.63, 3.8) is 0 Å². The summed E-state index contributed by atoms with van der Waals surface area (Å²) >= 11 is 9.91. The number of hydrogen-bond donors (Lipinski definition) is 0. The number of aromatic nitrogens is 3. The largest absolute Gasteiger partial charge is 0.264 e. The van der Waals surface area contributed by atoms with Crippen LogP contribution in [-0.2, 0) is 0 Å². The van der Waals surface area contributed by atoms with Crippen LogP contribution in [0.2, 0.25) is 5.28 Å². The van der Waals surface area contributed by atoms with E-state index in [-0.39, 0.29) is 0 Å². The predicted octanol–water partition coefficient (Wildman–Crippen LogP) is 4.97. The first kappa shape index (κ1) is 14.3. The molecule has 0 unspecified atom stereocenters. The number of benzene rings is 2. The van der Waals surface area contributed by atoms with E-state index in [0.717, 1.165) is 27.1 Å². The fourth-order valence-electron chi connectivity index (χ4n) is 2.43. The van der Waals surface area contributed by atoms with E-state index in [1.165, 1.54) is 5.56 Å². The van der Waals surface area contributed by atoms with Crippen LogP contribution in [0.3, 0.4) is 0 Å². The average molecular weight is 363 g/mol. The van der Waals surface area contributed by atoms with Gasteiger partial charge in [-0.05, 0) is 58.6 Å². The summed E-state index contributed by atoms with van der Waals surface area (Å²) in [5.41, 5.74) is 4.24. The van der Waals surface area contributed by atoms with Crippen molar-refractivity contribution in [2.24, 2.45) is 0 Å². The monoisotopic (exact) mass is 361 g/mol. The lowest BCUT2D eigenvalue weighted by molar-refractivity contribution is 1.03. The van der Waals surface area contributed by atoms with Crippen LogP contribution in [0.1, 0.15) is 11.1 Å². The number of nitrogens with zero attached hydrogens (tertiary/aromatic N) is 3. The maximum atomic E-state index is 6.28. The van der Waals surface area contributed by atoms with Gasteiger partial charge in [-0.3, -0.25) is 4.57 Å². The van der Waals surface area contributed by atoms with Gasteiger partial charge in [0, 0.05) is 10.0 Å². The maximum Gasteiger partial charge on any atom is 0.229 e. The van der Waals surface area contributed by atoms with Gasteiger partial charge in [0.05, 0.1) is 5.69 Å². The molecule has 3 aromatic rings. The minimum Gasteiger partial charge on any atom is -0.264 e. The molecule has 0 fully saturated rings. The Bertz CT molecular complexity index is 774. The molecule has 5 heteroatoms. The summed E-state index contributed by atoms with van der Waals surface area (Å²) in [6, 6.07) is 14.1. The Morgan fingerprint density at radius 2 is 1.76 bits per heavy atom. The van der Waals surface area contributed by atoms with Gasteiger partial charge in [0.2, 0.25) is 5.28 Å². The van der Waals surface area contributed by atoms with Crippen molar-refractivity contribution in [2.75, 3.05) is 0 Å². The quantitative estimate of drug-likeness (QED) is 0.644. The van der Waals surface area contributed by atoms with Crippen LogP contribution in [-0.4, -0.2) is 14.8 Å². The number of aryl methyl sites for hydroxylation is 2. The van der Waals surface area contributed by atoms with Gasteiger partial charge in [-0.15, -0.1) is 10.2 Å². The summed E-state index contributed by atoms with van der Waals surface area (Å²) in [4.78, 5) is 0. The topological polar surface area (TPSA) is 30.7 Å². The lowest BCUT2D eigenvalue weighted by Crippen LogP contribution is -2.02. The Kier molecular flexibility index (Phi) is 3.83. The normalized spacial score (nSPS) is 10.9. The lowest BCUT2D eigenvalue weighted by Gasteiger charge is -2.14. The highest BCUT2D eigenvalue weighted by Crippen LogP contribution is 2.32. The molecule has 0 amide bonds. The van der Waals surface area contributed by atoms with E-state index < -0.39 is 0 Å². The molecule has 0 saturated carbocycles. The second kappa shape index (κ2) is 5.62. The molecule has 0 aliphatic carbocycles. The molecule has 0 bridgehead atoms. The molecule has 0 saturated heterocycles. The summed E-state index contributed by atoms with van der Waals surface area (Å²) in [5.74, 6) is 0.730. The molecule has 106 valence electrons. The third-order valence-corrected chi connectivity index (χ3v) is 4.13. The third-order valence-electron chi connectivity index (χ3n) is 3.28. The van der Waals surface area contributed by atoms with Crippen molar-refractivity contribution in [1.29, 1.82) is 0 Å². The fourth-order valence-corrected chi connectivity index (χ4v) is 3.48. The second-order valence-corrected chi connectivity index (χ2v) is 6.10. The van der Waals surface area contributed by atoms with Crippen LogP contribution in [0, 0.1) is 13.8 Å². The molecule has 1 heterocycles. The minimum atomic E-state index is 0.349. The van der Waals surface area contributed by atoms with Crippen LogP contribution >= 0.6 is 27.5 Å². The molecule has 0 N–H and O–H groups in total. The number of halogens is 2. The van der Waals surface area contributed by atoms with Crippen LogP contribution < -0.4 is 0 Å². The van der Waals surface area contributed by atoms with E-state index in [2.05, 4.69) is 52.1 Å². The zero-order valence-electron chi connectivity index (χ0n) is 11.6. The number of hydrogen-bond acceptors (Lipinski definition) is 2. The molecule has 3 rings (SSSR count). The van der Waals surface area contributed by atoms with E-state index in [1.807, 2.05) is 34.9 Å². The second-order valence-electron chi connectivity index (χ2n) is 4.91. The van der Waals surface area contributed by atoms with Crippen LogP contribution in [0.4, 0.5) is 0 Å². The molecule has 0 aliphatic heterocycles. The Balaban J connectivity index is 2.28. The van der Waals surface area contributed by atoms with Crippen molar-refractivity contribution in [3.8, 4) is 17.1 Å². The van der Waals surface area contributed by atoms with Gasteiger partial charge >= 0.3 is 0 Å². The first-order valence-corrected chi connectivity index (χ1v) is 7.68. The summed E-state index contributed by atoms with van der Waals surface area (Å²) in [7, 11) is 0. The Morgan fingerprint density at radius 1 is 1.05 bits per heavy atom. The van der Waals surface area contributed by atoms with Gasteiger partial charge in [-0.25, -0.2) is 0 Å². The highest BCUT2D eigenvalue weighted by atomic mass is 79.9. The Hall–Kier alpha value is -1.65. The van der Waals surface area contributed by atoms with Gasteiger partial charge < -0.3 is 0 Å². The molecule has 21 heavy (non-hydrogen) atoms. The maximum absolute atomic E-state index is 6.28. The first-order chi connectivity index (χ1) is 10.1. The smallest absolute Gasteiger partial charge is 0.229 e. The van der Waals surface area contributed by atoms with E-state index in [0.29, 0.717) is 5.28 Å². The molecule has 2 aromatic carbocycles. The molecular formula is C16H13BrClN3. The minimum absolute atomic E-state index is 0.349. The molecule has 0 aliphatic rings. The van der Waals surface area contributed by atoms with Crippen LogP contribution in [0.25, 0.3) is 17.1 Å². The highest BCUT2D eigenvalue weighted by molar-refractivity contribution is 9.10. The van der Waals surface area contributed by atoms with Crippen LogP contribution in [0.5, 0.6) is 0 Å². The van der Waals surface area contributed by atoms with Crippen molar-refractivity contribution in [1.82, 2.24) is 14.8 Å². The van der Waals surface area contributed by atoms with E-state index >= 15 is 0 Å². The molecule has 0 atom stereocenters. The summed E-state index contributed by atoms with van der Waals surface area (Å²) < 4.78 is 2.84. The van der Waals surface area contributed by atoms with E-state index in [1.54, 1.807) is 0 Å². The van der Waals surface area contributed by atoms with Crippen molar-refractivity contribution >= 4 is 27.5 Å². The fraction of sp³-hybridized carbons (Fsp3) is 0.125. The molecule has 1 aromatic heterocycles. The zero-order valence-corrected chi connectivity index (χ0v) is 14.0. The molecule has 0 spiro atoms. The van der Waals surface area contributed by atoms with Crippen molar-refractivity contribution in [2.45, 2.75) is 13.8 Å². The van der Waals surface area contributed by atoms with Gasteiger partial charge in [0.1, 0.15) is 0 Å². The predicted molar refractivity (Wildman–Crippen MR) is 89.0 cm³/mol. The third kappa shape index (κ3) is 2.61. The zero-order chi connectivity index (χ0) is 15.0. The van der Waals surface area contributed by atoms with Gasteiger partial charge in [-0.2, -0.15) is 0 Å². The molecular weight excluding hydrogens is 350 g/mol. The van der Waals surface area contributed by atoms with Gasteiger partial charge in [-0.1, -0.05) is 36.4 Å². The Labute approximate surface area is 136 Å². The van der Waals surface area contributed by atoms with Crippen molar-refractivity contribution < 1.29 is 0 Å². The Morgan fingerprint density at radius 3 is 2.43 bits per heavy atom. The standard InChI is InChI=1S/C16H13BrClN3/c1-10-8-11(2)14(13(17)9-10)21-15(19-20-16(21)18)12-6-4-3-5-7-12/h3-9H,1-2H3. The summed E-state index contributed by atoms with van der Waals surface area (Å²) in [5, 5.41) is 8.61. The summed E-state index contributed by atoms with van der Waals surface area (Å²) in [6.07, 6.45) is 0. The van der Waals surface area contributed by atoms with E-state index in [9.17, 15) is 0 Å². The molecule has 3 nitrogen and oxygen atoms in total. The van der Waals surface area contributed by atoms with Gasteiger partial charge in [0.15, 0.2) is 5.82 Å². The van der Waals surface area contributed by atoms with Crippen molar-refractivity contribution in [3.05, 3.63) is 63.3 Å². The lowest BCUT2D eigenvalue weighted by atomic mass is 10.1. The van der Waals surface area contributed by atoms with Crippen LogP contribution in [0.15, 0.2) is 46.9 Å². The summed E-state index contributed by atoms with van der Waals surface area (Å²) in [6.45, 7) is 4.12. The first-order valence-electron chi connectivity index (χ1n) is 6.51. The number of rotatable bonds is 2. The SMILES string of the molecule is Cc1cc(C)c(-n2c(Cl)nnc2-c2ccccc2)c(Br)c1. The van der Waals surface area contributed by atoms with Gasteiger partial charge in [0.25, 0.3) is 0 Å².